The summed E-state index contributed by atoms with van der Waals surface area (Å²) in [6.45, 7) is 4.94. The number of ether oxygens (including phenoxy) is 2. The van der Waals surface area contributed by atoms with Crippen LogP contribution in [0.3, 0.4) is 0 Å². The second-order valence-corrected chi connectivity index (χ2v) is 6.76. The Balaban J connectivity index is 1.93. The molecule has 1 aliphatic heterocycles. The van der Waals surface area contributed by atoms with Gasteiger partial charge in [-0.05, 0) is 13.3 Å². The molecule has 0 amide bonds. The molecule has 3 rings (SSSR count). The molecule has 3 heterocycles. The molecular formula is C15H19N3O5S. The monoisotopic (exact) mass is 353 g/mol. The molecule has 0 saturated carbocycles. The number of aromatic nitrogens is 3. The van der Waals surface area contributed by atoms with Gasteiger partial charge in [0.05, 0.1) is 17.0 Å². The third kappa shape index (κ3) is 3.06. The minimum Gasteiger partial charge on any atom is -0.460 e. The first-order valence-corrected chi connectivity index (χ1v) is 8.57. The lowest BCUT2D eigenvalue weighted by Gasteiger charge is -2.22. The van der Waals surface area contributed by atoms with Gasteiger partial charge in [0.25, 0.3) is 0 Å². The Morgan fingerprint density at radius 2 is 2.38 bits per heavy atom. The summed E-state index contributed by atoms with van der Waals surface area (Å²) >= 11 is 1.01. The first-order chi connectivity index (χ1) is 11.4. The summed E-state index contributed by atoms with van der Waals surface area (Å²) in [7, 11) is 0. The third-order valence-electron chi connectivity index (χ3n) is 3.98. The zero-order valence-corrected chi connectivity index (χ0v) is 14.4. The van der Waals surface area contributed by atoms with Crippen molar-refractivity contribution < 1.29 is 19.4 Å². The smallest absolute Gasteiger partial charge is 0.311 e. The number of aryl methyl sites for hydroxylation is 1. The fraction of sp³-hybridized carbons (Fsp3) is 0.600. The SMILES string of the molecule is CC[C@H](OC(C)=O)[C@@H]1C[C@@H](O)C(n2c(=O)sc3cnc(C)nc32)O1. The van der Waals surface area contributed by atoms with Crippen LogP contribution in [0, 0.1) is 6.92 Å². The van der Waals surface area contributed by atoms with Crippen LogP contribution in [0.25, 0.3) is 10.3 Å². The standard InChI is InChI=1S/C15H19N3O5S/c1-4-10(22-8(3)19)11-5-9(20)14(23-11)18-13-12(24-15(18)21)6-16-7(2)17-13/h6,9-11,14,20H,4-5H2,1-3H3/t9-,10+,11+,14?/m1/s1. The van der Waals surface area contributed by atoms with Crippen molar-refractivity contribution in [3.63, 3.8) is 0 Å². The summed E-state index contributed by atoms with van der Waals surface area (Å²) in [5.74, 6) is 0.134. The number of aliphatic hydroxyl groups is 1. The van der Waals surface area contributed by atoms with E-state index in [9.17, 15) is 14.7 Å². The van der Waals surface area contributed by atoms with E-state index in [4.69, 9.17) is 9.47 Å². The van der Waals surface area contributed by atoms with Crippen LogP contribution in [-0.4, -0.2) is 43.9 Å². The molecule has 0 bridgehead atoms. The molecule has 0 radical (unpaired) electrons. The van der Waals surface area contributed by atoms with E-state index in [2.05, 4.69) is 9.97 Å². The van der Waals surface area contributed by atoms with Crippen LogP contribution in [0.1, 0.15) is 38.7 Å². The normalized spacial score (nSPS) is 25.1. The van der Waals surface area contributed by atoms with E-state index in [-0.39, 0.29) is 11.3 Å². The van der Waals surface area contributed by atoms with Crippen molar-refractivity contribution >= 4 is 27.7 Å². The second-order valence-electron chi connectivity index (χ2n) is 5.77. The number of nitrogens with zero attached hydrogens (tertiary/aromatic N) is 3. The highest BCUT2D eigenvalue weighted by Gasteiger charge is 2.41. The second kappa shape index (κ2) is 6.58. The molecule has 2 aromatic rings. The van der Waals surface area contributed by atoms with Crippen LogP contribution in [0.2, 0.25) is 0 Å². The van der Waals surface area contributed by atoms with Crippen LogP contribution in [0.5, 0.6) is 0 Å². The van der Waals surface area contributed by atoms with Crippen molar-refractivity contribution in [2.75, 3.05) is 0 Å². The van der Waals surface area contributed by atoms with Crippen LogP contribution < -0.4 is 4.87 Å². The van der Waals surface area contributed by atoms with Gasteiger partial charge in [-0.2, -0.15) is 0 Å². The molecule has 1 unspecified atom stereocenters. The van der Waals surface area contributed by atoms with E-state index in [0.717, 1.165) is 11.3 Å². The van der Waals surface area contributed by atoms with E-state index >= 15 is 0 Å². The average molecular weight is 353 g/mol. The molecule has 4 atom stereocenters. The summed E-state index contributed by atoms with van der Waals surface area (Å²) in [4.78, 5) is 31.7. The maximum absolute atomic E-state index is 12.3. The van der Waals surface area contributed by atoms with Crippen molar-refractivity contribution in [3.05, 3.63) is 21.7 Å². The van der Waals surface area contributed by atoms with Crippen LogP contribution in [-0.2, 0) is 14.3 Å². The van der Waals surface area contributed by atoms with Crippen molar-refractivity contribution in [1.82, 2.24) is 14.5 Å². The lowest BCUT2D eigenvalue weighted by Crippen LogP contribution is -2.31. The number of carbonyl (C=O) groups excluding carboxylic acids is 1. The van der Waals surface area contributed by atoms with Gasteiger partial charge in [0.15, 0.2) is 11.9 Å². The molecule has 9 heteroatoms. The molecule has 0 spiro atoms. The Hall–Kier alpha value is -1.84. The van der Waals surface area contributed by atoms with Crippen molar-refractivity contribution in [2.24, 2.45) is 0 Å². The Kier molecular flexibility index (Phi) is 4.66. The summed E-state index contributed by atoms with van der Waals surface area (Å²) in [5.41, 5.74) is 0.447. The van der Waals surface area contributed by atoms with Crippen molar-refractivity contribution in [2.45, 2.75) is 58.2 Å². The van der Waals surface area contributed by atoms with Gasteiger partial charge in [-0.3, -0.25) is 14.2 Å². The maximum atomic E-state index is 12.3. The highest BCUT2D eigenvalue weighted by molar-refractivity contribution is 7.16. The molecule has 1 N–H and O–H groups in total. The van der Waals surface area contributed by atoms with Gasteiger partial charge in [0.2, 0.25) is 0 Å². The first-order valence-electron chi connectivity index (χ1n) is 7.76. The predicted octanol–water partition coefficient (Wildman–Crippen LogP) is 1.15. The summed E-state index contributed by atoms with van der Waals surface area (Å²) in [6.07, 6.45) is -0.232. The molecule has 130 valence electrons. The summed E-state index contributed by atoms with van der Waals surface area (Å²) in [6, 6.07) is 0. The minimum atomic E-state index is -0.884. The highest BCUT2D eigenvalue weighted by Crippen LogP contribution is 2.33. The molecule has 8 nitrogen and oxygen atoms in total. The highest BCUT2D eigenvalue weighted by atomic mass is 32.1. The number of carbonyl (C=O) groups is 1. The molecule has 1 saturated heterocycles. The Morgan fingerprint density at radius 1 is 1.62 bits per heavy atom. The quantitative estimate of drug-likeness (QED) is 0.822. The van der Waals surface area contributed by atoms with Crippen LogP contribution in [0.4, 0.5) is 0 Å². The van der Waals surface area contributed by atoms with Gasteiger partial charge in [-0.25, -0.2) is 9.97 Å². The van der Waals surface area contributed by atoms with Gasteiger partial charge in [0.1, 0.15) is 18.0 Å². The Bertz CT molecular complexity index is 817. The number of hydrogen-bond acceptors (Lipinski definition) is 8. The average Bonchev–Trinajstić information content (AvgIpc) is 3.03. The zero-order chi connectivity index (χ0) is 17.4. The summed E-state index contributed by atoms with van der Waals surface area (Å²) < 4.78 is 13.1. The van der Waals surface area contributed by atoms with Crippen LogP contribution in [0.15, 0.2) is 11.0 Å². The molecule has 0 aromatic carbocycles. The van der Waals surface area contributed by atoms with Gasteiger partial charge in [0, 0.05) is 13.3 Å². The topological polar surface area (TPSA) is 104 Å². The van der Waals surface area contributed by atoms with E-state index < -0.39 is 30.5 Å². The molecular weight excluding hydrogens is 334 g/mol. The number of rotatable bonds is 4. The van der Waals surface area contributed by atoms with E-state index in [0.29, 0.717) is 22.6 Å². The first kappa shape index (κ1) is 17.0. The summed E-state index contributed by atoms with van der Waals surface area (Å²) in [5, 5.41) is 10.4. The molecule has 1 aliphatic rings. The molecule has 2 aromatic heterocycles. The minimum absolute atomic E-state index is 0.268. The number of thiazole rings is 1. The third-order valence-corrected chi connectivity index (χ3v) is 4.86. The largest absolute Gasteiger partial charge is 0.460 e. The van der Waals surface area contributed by atoms with Gasteiger partial charge in [-0.15, -0.1) is 0 Å². The number of aliphatic hydroxyl groups excluding tert-OH is 1. The van der Waals surface area contributed by atoms with Crippen LogP contribution >= 0.6 is 11.3 Å². The lowest BCUT2D eigenvalue weighted by atomic mass is 10.1. The van der Waals surface area contributed by atoms with Gasteiger partial charge >= 0.3 is 10.8 Å². The Morgan fingerprint density at radius 3 is 3.04 bits per heavy atom. The van der Waals surface area contributed by atoms with E-state index in [1.54, 1.807) is 13.1 Å². The lowest BCUT2D eigenvalue weighted by molar-refractivity contribution is -0.156. The molecule has 24 heavy (non-hydrogen) atoms. The van der Waals surface area contributed by atoms with Crippen molar-refractivity contribution in [3.8, 4) is 0 Å². The van der Waals surface area contributed by atoms with Gasteiger partial charge in [-0.1, -0.05) is 18.3 Å². The predicted molar refractivity (Wildman–Crippen MR) is 86.8 cm³/mol. The van der Waals surface area contributed by atoms with E-state index in [1.807, 2.05) is 6.92 Å². The molecule has 1 fully saturated rings. The fourth-order valence-electron chi connectivity index (χ4n) is 2.93. The Labute approximate surface area is 142 Å². The molecule has 0 aliphatic carbocycles. The fourth-order valence-corrected chi connectivity index (χ4v) is 3.75. The van der Waals surface area contributed by atoms with Crippen molar-refractivity contribution in [1.29, 1.82) is 0 Å². The maximum Gasteiger partial charge on any atom is 0.311 e. The number of esters is 1. The zero-order valence-electron chi connectivity index (χ0n) is 13.6. The number of fused-ring (bicyclic) bond motifs is 1. The van der Waals surface area contributed by atoms with Gasteiger partial charge < -0.3 is 14.6 Å². The van der Waals surface area contributed by atoms with E-state index in [1.165, 1.54) is 11.5 Å². The number of hydrogen-bond donors (Lipinski definition) is 1.